The summed E-state index contributed by atoms with van der Waals surface area (Å²) < 4.78 is 0. The van der Waals surface area contributed by atoms with E-state index in [-0.39, 0.29) is 11.5 Å². The molecule has 0 amide bonds. The SMILES string of the molecule is C[C@H]1CN(C(C)(C)C)CC(=O)[C@@H]1C. The van der Waals surface area contributed by atoms with Crippen molar-refractivity contribution in [3.63, 3.8) is 0 Å². The third-order valence-corrected chi connectivity index (χ3v) is 3.17. The van der Waals surface area contributed by atoms with Gasteiger partial charge in [-0.15, -0.1) is 0 Å². The number of nitrogens with zero attached hydrogens (tertiary/aromatic N) is 1. The van der Waals surface area contributed by atoms with Crippen molar-refractivity contribution < 1.29 is 4.79 Å². The van der Waals surface area contributed by atoms with Crippen molar-refractivity contribution in [3.05, 3.63) is 0 Å². The van der Waals surface area contributed by atoms with Crippen molar-refractivity contribution in [1.29, 1.82) is 0 Å². The monoisotopic (exact) mass is 183 g/mol. The van der Waals surface area contributed by atoms with Gasteiger partial charge in [0, 0.05) is 18.0 Å². The predicted octanol–water partition coefficient (Wildman–Crippen LogP) is 1.94. The minimum absolute atomic E-state index is 0.129. The lowest BCUT2D eigenvalue weighted by molar-refractivity contribution is -0.130. The fourth-order valence-corrected chi connectivity index (χ4v) is 1.73. The maximum absolute atomic E-state index is 11.6. The molecular weight excluding hydrogens is 162 g/mol. The molecule has 0 radical (unpaired) electrons. The molecule has 2 nitrogen and oxygen atoms in total. The topological polar surface area (TPSA) is 20.3 Å². The standard InChI is InChI=1S/C11H21NO/c1-8-6-12(11(3,4)5)7-10(13)9(8)2/h8-9H,6-7H2,1-5H3/t8-,9+/m0/s1. The smallest absolute Gasteiger partial charge is 0.149 e. The van der Waals surface area contributed by atoms with Crippen LogP contribution in [0.25, 0.3) is 0 Å². The maximum atomic E-state index is 11.6. The number of ketones is 1. The van der Waals surface area contributed by atoms with Gasteiger partial charge in [-0.25, -0.2) is 0 Å². The van der Waals surface area contributed by atoms with Gasteiger partial charge in [-0.3, -0.25) is 9.69 Å². The Hall–Kier alpha value is -0.370. The van der Waals surface area contributed by atoms with Crippen molar-refractivity contribution in [2.24, 2.45) is 11.8 Å². The molecule has 2 heteroatoms. The molecule has 0 unspecified atom stereocenters. The molecular formula is C11H21NO. The second-order valence-corrected chi connectivity index (χ2v) is 5.28. The van der Waals surface area contributed by atoms with Gasteiger partial charge in [0.05, 0.1) is 6.54 Å². The third kappa shape index (κ3) is 2.31. The predicted molar refractivity (Wildman–Crippen MR) is 54.7 cm³/mol. The van der Waals surface area contributed by atoms with E-state index in [0.29, 0.717) is 18.2 Å². The van der Waals surface area contributed by atoms with E-state index in [4.69, 9.17) is 0 Å². The van der Waals surface area contributed by atoms with E-state index in [9.17, 15) is 4.79 Å². The largest absolute Gasteiger partial charge is 0.298 e. The van der Waals surface area contributed by atoms with Gasteiger partial charge < -0.3 is 0 Å². The Morgan fingerprint density at radius 2 is 1.85 bits per heavy atom. The van der Waals surface area contributed by atoms with Crippen LogP contribution >= 0.6 is 0 Å². The van der Waals surface area contributed by atoms with Crippen LogP contribution in [0, 0.1) is 11.8 Å². The molecule has 1 aliphatic rings. The molecule has 0 aromatic carbocycles. The lowest BCUT2D eigenvalue weighted by Crippen LogP contribution is -2.52. The molecule has 0 aliphatic carbocycles. The number of piperidine rings is 1. The van der Waals surface area contributed by atoms with E-state index in [1.807, 2.05) is 6.92 Å². The van der Waals surface area contributed by atoms with Gasteiger partial charge in [0.15, 0.2) is 0 Å². The van der Waals surface area contributed by atoms with Gasteiger partial charge >= 0.3 is 0 Å². The Morgan fingerprint density at radius 3 is 2.23 bits per heavy atom. The molecule has 1 saturated heterocycles. The number of hydrogen-bond donors (Lipinski definition) is 0. The number of rotatable bonds is 0. The Labute approximate surface area is 81.3 Å². The molecule has 0 saturated carbocycles. The number of Topliss-reactive ketones (excluding diaryl/α,β-unsaturated/α-hetero) is 1. The van der Waals surface area contributed by atoms with Crippen LogP contribution in [-0.4, -0.2) is 29.3 Å². The third-order valence-electron chi connectivity index (χ3n) is 3.17. The summed E-state index contributed by atoms with van der Waals surface area (Å²) in [5.74, 6) is 1.15. The highest BCUT2D eigenvalue weighted by Crippen LogP contribution is 2.25. The van der Waals surface area contributed by atoms with E-state index in [2.05, 4.69) is 32.6 Å². The van der Waals surface area contributed by atoms with E-state index in [0.717, 1.165) is 6.54 Å². The van der Waals surface area contributed by atoms with E-state index >= 15 is 0 Å². The molecule has 76 valence electrons. The molecule has 0 N–H and O–H groups in total. The molecule has 0 bridgehead atoms. The van der Waals surface area contributed by atoms with Crippen molar-refractivity contribution in [3.8, 4) is 0 Å². The van der Waals surface area contributed by atoms with Crippen molar-refractivity contribution in [2.45, 2.75) is 40.2 Å². The summed E-state index contributed by atoms with van der Waals surface area (Å²) in [6.07, 6.45) is 0. The van der Waals surface area contributed by atoms with E-state index < -0.39 is 0 Å². The molecule has 0 aromatic rings. The molecule has 2 atom stereocenters. The number of carbonyl (C=O) groups excluding carboxylic acids is 1. The Morgan fingerprint density at radius 1 is 1.31 bits per heavy atom. The van der Waals surface area contributed by atoms with Gasteiger partial charge in [-0.1, -0.05) is 13.8 Å². The minimum atomic E-state index is 0.129. The van der Waals surface area contributed by atoms with Crippen LogP contribution in [0.3, 0.4) is 0 Å². The Kier molecular flexibility index (Phi) is 2.81. The Bertz CT molecular complexity index is 205. The number of carbonyl (C=O) groups is 1. The van der Waals surface area contributed by atoms with Crippen LogP contribution in [-0.2, 0) is 4.79 Å². The van der Waals surface area contributed by atoms with Gasteiger partial charge in [0.1, 0.15) is 5.78 Å². The lowest BCUT2D eigenvalue weighted by atomic mass is 9.85. The summed E-state index contributed by atoms with van der Waals surface area (Å²) in [6, 6.07) is 0. The van der Waals surface area contributed by atoms with Gasteiger partial charge in [0.2, 0.25) is 0 Å². The summed E-state index contributed by atoms with van der Waals surface area (Å²) in [5.41, 5.74) is 0.129. The zero-order valence-corrected chi connectivity index (χ0v) is 9.42. The van der Waals surface area contributed by atoms with Crippen LogP contribution in [0.5, 0.6) is 0 Å². The van der Waals surface area contributed by atoms with Crippen LogP contribution in [0.4, 0.5) is 0 Å². The average Bonchev–Trinajstić information content (AvgIpc) is 1.97. The van der Waals surface area contributed by atoms with Gasteiger partial charge in [0.25, 0.3) is 0 Å². The van der Waals surface area contributed by atoms with E-state index in [1.165, 1.54) is 0 Å². The first kappa shape index (κ1) is 10.7. The molecule has 1 heterocycles. The fraction of sp³-hybridized carbons (Fsp3) is 0.909. The molecule has 13 heavy (non-hydrogen) atoms. The van der Waals surface area contributed by atoms with E-state index in [1.54, 1.807) is 0 Å². The zero-order chi connectivity index (χ0) is 10.2. The Balaban J connectivity index is 2.69. The number of hydrogen-bond acceptors (Lipinski definition) is 2. The highest BCUT2D eigenvalue weighted by atomic mass is 16.1. The first-order valence-corrected chi connectivity index (χ1v) is 5.10. The summed E-state index contributed by atoms with van der Waals surface area (Å²) in [6.45, 7) is 12.4. The summed E-state index contributed by atoms with van der Waals surface area (Å²) in [5, 5.41) is 0. The first-order valence-electron chi connectivity index (χ1n) is 5.10. The summed E-state index contributed by atoms with van der Waals surface area (Å²) in [7, 11) is 0. The molecule has 0 aromatic heterocycles. The summed E-state index contributed by atoms with van der Waals surface area (Å²) >= 11 is 0. The molecule has 1 fully saturated rings. The number of likely N-dealkylation sites (tertiary alicyclic amines) is 1. The average molecular weight is 183 g/mol. The quantitative estimate of drug-likeness (QED) is 0.572. The summed E-state index contributed by atoms with van der Waals surface area (Å²) in [4.78, 5) is 13.9. The van der Waals surface area contributed by atoms with Crippen molar-refractivity contribution >= 4 is 5.78 Å². The highest BCUT2D eigenvalue weighted by Gasteiger charge is 2.34. The van der Waals surface area contributed by atoms with Crippen molar-refractivity contribution in [1.82, 2.24) is 4.90 Å². The van der Waals surface area contributed by atoms with Gasteiger partial charge in [-0.2, -0.15) is 0 Å². The normalized spacial score (nSPS) is 32.2. The first-order chi connectivity index (χ1) is 5.82. The maximum Gasteiger partial charge on any atom is 0.149 e. The fourth-order valence-electron chi connectivity index (χ4n) is 1.73. The van der Waals surface area contributed by atoms with Gasteiger partial charge in [-0.05, 0) is 26.7 Å². The second-order valence-electron chi connectivity index (χ2n) is 5.28. The van der Waals surface area contributed by atoms with Crippen LogP contribution in [0.15, 0.2) is 0 Å². The molecule has 0 spiro atoms. The highest BCUT2D eigenvalue weighted by molar-refractivity contribution is 5.83. The lowest BCUT2D eigenvalue weighted by Gasteiger charge is -2.42. The van der Waals surface area contributed by atoms with Crippen molar-refractivity contribution in [2.75, 3.05) is 13.1 Å². The zero-order valence-electron chi connectivity index (χ0n) is 9.42. The molecule has 1 rings (SSSR count). The van der Waals surface area contributed by atoms with Crippen LogP contribution < -0.4 is 0 Å². The minimum Gasteiger partial charge on any atom is -0.298 e. The second kappa shape index (κ2) is 3.41. The molecule has 1 aliphatic heterocycles. The van der Waals surface area contributed by atoms with Crippen LogP contribution in [0.1, 0.15) is 34.6 Å². The van der Waals surface area contributed by atoms with Crippen LogP contribution in [0.2, 0.25) is 0 Å².